The lowest BCUT2D eigenvalue weighted by molar-refractivity contribution is -0.122. The van der Waals surface area contributed by atoms with Crippen molar-refractivity contribution in [2.75, 3.05) is 10.6 Å². The number of hydrogen-bond donors (Lipinski definition) is 3. The minimum atomic E-state index is -0.562. The van der Waals surface area contributed by atoms with Crippen LogP contribution in [0.15, 0.2) is 42.5 Å². The maximum absolute atomic E-state index is 13.2. The highest BCUT2D eigenvalue weighted by Gasteiger charge is 2.11. The van der Waals surface area contributed by atoms with Crippen LogP contribution in [0.2, 0.25) is 5.02 Å². The number of anilines is 2. The van der Waals surface area contributed by atoms with Crippen LogP contribution in [0, 0.1) is 11.7 Å². The molecule has 3 N–H and O–H groups in total. The Morgan fingerprint density at radius 1 is 1.08 bits per heavy atom. The molecule has 0 bridgehead atoms. The Hall–Kier alpha value is -2.51. The molecule has 0 heterocycles. The van der Waals surface area contributed by atoms with Crippen LogP contribution >= 0.6 is 23.8 Å². The maximum atomic E-state index is 13.2. The summed E-state index contributed by atoms with van der Waals surface area (Å²) in [5, 5.41) is 8.11. The molecule has 2 aromatic rings. The first-order valence-electron chi connectivity index (χ1n) is 7.74. The molecule has 2 rings (SSSR count). The van der Waals surface area contributed by atoms with E-state index < -0.39 is 11.7 Å². The van der Waals surface area contributed by atoms with Gasteiger partial charge in [-0.15, -0.1) is 0 Å². The van der Waals surface area contributed by atoms with Gasteiger partial charge in [-0.2, -0.15) is 0 Å². The molecular weight excluding hydrogens is 377 g/mol. The van der Waals surface area contributed by atoms with Crippen molar-refractivity contribution >= 4 is 52.1 Å². The molecule has 0 aromatic heterocycles. The van der Waals surface area contributed by atoms with Gasteiger partial charge in [0.1, 0.15) is 5.82 Å². The number of hydrogen-bond acceptors (Lipinski definition) is 3. The van der Waals surface area contributed by atoms with Crippen LogP contribution in [0.3, 0.4) is 0 Å². The molecule has 2 amide bonds. The third-order valence-electron chi connectivity index (χ3n) is 3.32. The summed E-state index contributed by atoms with van der Waals surface area (Å²) in [6.45, 7) is 3.51. The van der Waals surface area contributed by atoms with Crippen molar-refractivity contribution in [2.24, 2.45) is 5.92 Å². The van der Waals surface area contributed by atoms with Crippen LogP contribution in [0.5, 0.6) is 0 Å². The fourth-order valence-corrected chi connectivity index (χ4v) is 2.33. The Morgan fingerprint density at radius 2 is 1.77 bits per heavy atom. The molecule has 0 atom stereocenters. The normalized spacial score (nSPS) is 10.3. The average molecular weight is 394 g/mol. The van der Waals surface area contributed by atoms with Crippen LogP contribution in [0.1, 0.15) is 24.2 Å². The van der Waals surface area contributed by atoms with Gasteiger partial charge in [-0.3, -0.25) is 9.59 Å². The highest BCUT2D eigenvalue weighted by molar-refractivity contribution is 7.80. The molecule has 2 aromatic carbocycles. The van der Waals surface area contributed by atoms with Gasteiger partial charge in [0.05, 0.1) is 5.02 Å². The van der Waals surface area contributed by atoms with Gasteiger partial charge in [0.15, 0.2) is 5.11 Å². The van der Waals surface area contributed by atoms with Crippen molar-refractivity contribution in [3.8, 4) is 0 Å². The largest absolute Gasteiger partial charge is 0.332 e. The lowest BCUT2D eigenvalue weighted by Crippen LogP contribution is -2.36. The van der Waals surface area contributed by atoms with Crippen LogP contribution in [0.25, 0.3) is 0 Å². The molecule has 0 radical (unpaired) electrons. The first kappa shape index (κ1) is 19.8. The zero-order valence-corrected chi connectivity index (χ0v) is 15.7. The molecule has 0 spiro atoms. The Labute approximate surface area is 160 Å². The summed E-state index contributed by atoms with van der Waals surface area (Å²) in [4.78, 5) is 24.0. The van der Waals surface area contributed by atoms with Gasteiger partial charge in [-0.1, -0.05) is 31.5 Å². The van der Waals surface area contributed by atoms with Crippen molar-refractivity contribution in [3.05, 3.63) is 58.9 Å². The third kappa shape index (κ3) is 5.50. The van der Waals surface area contributed by atoms with Crippen LogP contribution in [-0.4, -0.2) is 16.9 Å². The van der Waals surface area contributed by atoms with Gasteiger partial charge in [0, 0.05) is 22.9 Å². The van der Waals surface area contributed by atoms with E-state index in [0.29, 0.717) is 16.9 Å². The minimum Gasteiger partial charge on any atom is -0.332 e. The Balaban J connectivity index is 2.05. The highest BCUT2D eigenvalue weighted by atomic mass is 35.5. The monoisotopic (exact) mass is 393 g/mol. The Bertz CT molecular complexity index is 858. The second-order valence-electron chi connectivity index (χ2n) is 5.76. The number of rotatable bonds is 4. The first-order chi connectivity index (χ1) is 12.3. The Kier molecular flexibility index (Phi) is 6.65. The molecule has 8 heteroatoms. The topological polar surface area (TPSA) is 70.2 Å². The summed E-state index contributed by atoms with van der Waals surface area (Å²) in [5.74, 6) is -1.36. The van der Waals surface area contributed by atoms with E-state index in [4.69, 9.17) is 23.8 Å². The molecule has 0 saturated heterocycles. The van der Waals surface area contributed by atoms with Gasteiger partial charge in [-0.05, 0) is 48.6 Å². The van der Waals surface area contributed by atoms with E-state index in [0.717, 1.165) is 0 Å². The van der Waals surface area contributed by atoms with Gasteiger partial charge >= 0.3 is 0 Å². The molecule has 0 aliphatic rings. The summed E-state index contributed by atoms with van der Waals surface area (Å²) >= 11 is 10.8. The van der Waals surface area contributed by atoms with Crippen molar-refractivity contribution in [2.45, 2.75) is 13.8 Å². The zero-order valence-electron chi connectivity index (χ0n) is 14.1. The van der Waals surface area contributed by atoms with Gasteiger partial charge < -0.3 is 16.0 Å². The molecule has 0 fully saturated rings. The number of amides is 2. The van der Waals surface area contributed by atoms with Gasteiger partial charge in [-0.25, -0.2) is 4.39 Å². The van der Waals surface area contributed by atoms with Crippen molar-refractivity contribution in [3.63, 3.8) is 0 Å². The minimum absolute atomic E-state index is 0.0792. The van der Waals surface area contributed by atoms with Crippen molar-refractivity contribution < 1.29 is 14.0 Å². The van der Waals surface area contributed by atoms with Gasteiger partial charge in [0.2, 0.25) is 5.91 Å². The molecule has 5 nitrogen and oxygen atoms in total. The first-order valence-corrected chi connectivity index (χ1v) is 8.53. The molecule has 0 saturated carbocycles. The van der Waals surface area contributed by atoms with E-state index in [1.54, 1.807) is 38.1 Å². The SMILES string of the molecule is CC(C)C(=O)NC(=S)Nc1cccc(C(=O)Nc2ccc(F)c(Cl)c2)c1. The standard InChI is InChI=1S/C18H17ClFN3O2S/c1-10(2)16(24)23-18(26)22-12-5-3-4-11(8-12)17(25)21-13-6-7-15(20)14(19)9-13/h3-10H,1-2H3,(H,21,25)(H2,22,23,24,26). The predicted molar refractivity (Wildman–Crippen MR) is 105 cm³/mol. The maximum Gasteiger partial charge on any atom is 0.255 e. The number of carbonyl (C=O) groups is 2. The lowest BCUT2D eigenvalue weighted by Gasteiger charge is -2.12. The van der Waals surface area contributed by atoms with Crippen LogP contribution < -0.4 is 16.0 Å². The number of carbonyl (C=O) groups excluding carboxylic acids is 2. The average Bonchev–Trinajstić information content (AvgIpc) is 2.58. The number of benzene rings is 2. The fourth-order valence-electron chi connectivity index (χ4n) is 1.93. The molecule has 0 aliphatic carbocycles. The van der Waals surface area contributed by atoms with Crippen molar-refractivity contribution in [1.82, 2.24) is 5.32 Å². The third-order valence-corrected chi connectivity index (χ3v) is 3.81. The van der Waals surface area contributed by atoms with E-state index in [-0.39, 0.29) is 22.0 Å². The summed E-state index contributed by atoms with van der Waals surface area (Å²) in [6.07, 6.45) is 0. The van der Waals surface area contributed by atoms with E-state index in [1.165, 1.54) is 18.2 Å². The van der Waals surface area contributed by atoms with E-state index in [9.17, 15) is 14.0 Å². The highest BCUT2D eigenvalue weighted by Crippen LogP contribution is 2.20. The smallest absolute Gasteiger partial charge is 0.255 e. The molecule has 136 valence electrons. The van der Waals surface area contributed by atoms with Crippen molar-refractivity contribution in [1.29, 1.82) is 0 Å². The van der Waals surface area contributed by atoms with E-state index >= 15 is 0 Å². The number of thiocarbonyl (C=S) groups is 1. The van der Waals surface area contributed by atoms with E-state index in [2.05, 4.69) is 16.0 Å². The predicted octanol–water partition coefficient (Wildman–Crippen LogP) is 4.20. The van der Waals surface area contributed by atoms with Crippen LogP contribution in [-0.2, 0) is 4.79 Å². The van der Waals surface area contributed by atoms with Crippen LogP contribution in [0.4, 0.5) is 15.8 Å². The molecular formula is C18H17ClFN3O2S. The molecule has 26 heavy (non-hydrogen) atoms. The summed E-state index contributed by atoms with van der Waals surface area (Å²) in [7, 11) is 0. The summed E-state index contributed by atoms with van der Waals surface area (Å²) in [5.41, 5.74) is 1.27. The second-order valence-corrected chi connectivity index (χ2v) is 6.58. The molecule has 0 aliphatic heterocycles. The summed E-state index contributed by atoms with van der Waals surface area (Å²) < 4.78 is 13.2. The lowest BCUT2D eigenvalue weighted by atomic mass is 10.2. The van der Waals surface area contributed by atoms with E-state index in [1.807, 2.05) is 0 Å². The number of nitrogens with one attached hydrogen (secondary N) is 3. The molecule has 0 unspecified atom stereocenters. The fraction of sp³-hybridized carbons (Fsp3) is 0.167. The van der Waals surface area contributed by atoms with Gasteiger partial charge in [0.25, 0.3) is 5.91 Å². The second kappa shape index (κ2) is 8.73. The summed E-state index contributed by atoms with van der Waals surface area (Å²) in [6, 6.07) is 10.5. The number of halogens is 2. The quantitative estimate of drug-likeness (QED) is 0.681. The zero-order chi connectivity index (χ0) is 19.3. The Morgan fingerprint density at radius 3 is 2.42 bits per heavy atom.